The van der Waals surface area contributed by atoms with Crippen molar-refractivity contribution in [3.05, 3.63) is 52.2 Å². The number of thiophene rings is 1. The zero-order chi connectivity index (χ0) is 21.3. The number of guanidine groups is 1. The second-order valence-corrected chi connectivity index (χ2v) is 9.89. The van der Waals surface area contributed by atoms with Crippen LogP contribution >= 0.6 is 35.3 Å². The highest BCUT2D eigenvalue weighted by atomic mass is 127. The minimum absolute atomic E-state index is 0. The lowest BCUT2D eigenvalue weighted by Crippen LogP contribution is -2.42. The molecule has 168 valence electrons. The second kappa shape index (κ2) is 12.6. The van der Waals surface area contributed by atoms with Crippen LogP contribution in [0.25, 0.3) is 0 Å². The van der Waals surface area contributed by atoms with Crippen molar-refractivity contribution in [1.82, 2.24) is 15.4 Å². The average Bonchev–Trinajstić information content (AvgIpc) is 3.24. The molecule has 0 aliphatic rings. The predicted octanol–water partition coefficient (Wildman–Crippen LogP) is 2.93. The molecule has 2 aromatic rings. The molecule has 0 fully saturated rings. The first kappa shape index (κ1) is 26.8. The summed E-state index contributed by atoms with van der Waals surface area (Å²) in [5.74, 6) is 0.668. The molecule has 1 heterocycles. The van der Waals surface area contributed by atoms with Crippen LogP contribution in [0.4, 0.5) is 0 Å². The summed E-state index contributed by atoms with van der Waals surface area (Å²) in [6.07, 6.45) is 0. The van der Waals surface area contributed by atoms with Gasteiger partial charge in [0.25, 0.3) is 0 Å². The van der Waals surface area contributed by atoms with E-state index < -0.39 is 10.0 Å². The Morgan fingerprint density at radius 1 is 1.20 bits per heavy atom. The molecule has 1 aromatic carbocycles. The lowest BCUT2D eigenvalue weighted by molar-refractivity contribution is 0.204. The van der Waals surface area contributed by atoms with E-state index in [1.165, 1.54) is 12.0 Å². The number of hydrogen-bond donors (Lipinski definition) is 3. The van der Waals surface area contributed by atoms with Crippen LogP contribution in [0.3, 0.4) is 0 Å². The molecule has 0 unspecified atom stereocenters. The Morgan fingerprint density at radius 3 is 2.60 bits per heavy atom. The smallest absolute Gasteiger partial charge is 0.240 e. The van der Waals surface area contributed by atoms with Gasteiger partial charge in [0, 0.05) is 44.1 Å². The average molecular weight is 567 g/mol. The van der Waals surface area contributed by atoms with Gasteiger partial charge in [-0.05, 0) is 29.1 Å². The van der Waals surface area contributed by atoms with Crippen LogP contribution in [-0.4, -0.2) is 48.2 Å². The molecule has 2 rings (SSSR count). The Bertz CT molecular complexity index is 901. The first-order valence-electron chi connectivity index (χ1n) is 9.34. The molecule has 0 atom stereocenters. The quantitative estimate of drug-likeness (QED) is 0.178. The molecule has 0 aliphatic carbocycles. The third-order valence-corrected chi connectivity index (χ3v) is 7.07. The second-order valence-electron chi connectivity index (χ2n) is 7.18. The van der Waals surface area contributed by atoms with Crippen molar-refractivity contribution in [2.75, 3.05) is 33.9 Å². The van der Waals surface area contributed by atoms with Crippen molar-refractivity contribution in [1.29, 1.82) is 0 Å². The van der Waals surface area contributed by atoms with Gasteiger partial charge in [-0.25, -0.2) is 13.1 Å². The summed E-state index contributed by atoms with van der Waals surface area (Å²) in [5.41, 5.74) is 0.827. The van der Waals surface area contributed by atoms with Gasteiger partial charge in [0.1, 0.15) is 0 Å². The molecule has 0 saturated heterocycles. The zero-order valence-electron chi connectivity index (χ0n) is 17.8. The van der Waals surface area contributed by atoms with Crippen LogP contribution < -0.4 is 15.4 Å². The van der Waals surface area contributed by atoms with Gasteiger partial charge in [0.15, 0.2) is 5.96 Å². The zero-order valence-corrected chi connectivity index (χ0v) is 21.7. The van der Waals surface area contributed by atoms with Crippen LogP contribution in [0, 0.1) is 0 Å². The first-order chi connectivity index (χ1) is 13.8. The molecular formula is C20H31IN4O3S2. The molecule has 0 aliphatic heterocycles. The van der Waals surface area contributed by atoms with Crippen LogP contribution in [0.2, 0.25) is 0 Å². The van der Waals surface area contributed by atoms with Crippen LogP contribution in [0.1, 0.15) is 24.3 Å². The SMILES string of the molecule is CN=C(NCc1cccc(S(=O)(=O)NCCOC)c1)NCC(C)(C)c1cccs1.I. The molecule has 0 bridgehead atoms. The van der Waals surface area contributed by atoms with Gasteiger partial charge in [0.05, 0.1) is 11.5 Å². The molecule has 3 N–H and O–H groups in total. The molecule has 0 amide bonds. The van der Waals surface area contributed by atoms with Gasteiger partial charge < -0.3 is 15.4 Å². The fourth-order valence-electron chi connectivity index (χ4n) is 2.65. The fourth-order valence-corrected chi connectivity index (χ4v) is 4.58. The maximum absolute atomic E-state index is 12.4. The van der Waals surface area contributed by atoms with Crippen molar-refractivity contribution >= 4 is 51.3 Å². The van der Waals surface area contributed by atoms with Crippen LogP contribution in [0.15, 0.2) is 51.7 Å². The van der Waals surface area contributed by atoms with E-state index in [2.05, 4.69) is 51.7 Å². The van der Waals surface area contributed by atoms with E-state index in [0.717, 1.165) is 12.1 Å². The number of halogens is 1. The molecular weight excluding hydrogens is 535 g/mol. The number of ether oxygens (including phenoxy) is 1. The number of hydrogen-bond acceptors (Lipinski definition) is 5. The maximum Gasteiger partial charge on any atom is 0.240 e. The predicted molar refractivity (Wildman–Crippen MR) is 134 cm³/mol. The molecule has 30 heavy (non-hydrogen) atoms. The molecule has 1 aromatic heterocycles. The van der Waals surface area contributed by atoms with Crippen molar-refractivity contribution in [2.24, 2.45) is 4.99 Å². The summed E-state index contributed by atoms with van der Waals surface area (Å²) in [5, 5.41) is 8.67. The van der Waals surface area contributed by atoms with E-state index in [1.807, 2.05) is 6.07 Å². The molecule has 0 spiro atoms. The van der Waals surface area contributed by atoms with Crippen molar-refractivity contribution in [3.8, 4) is 0 Å². The van der Waals surface area contributed by atoms with E-state index in [1.54, 1.807) is 36.6 Å². The summed E-state index contributed by atoms with van der Waals surface area (Å²) in [6.45, 7) is 6.11. The van der Waals surface area contributed by atoms with Crippen molar-refractivity contribution < 1.29 is 13.2 Å². The van der Waals surface area contributed by atoms with E-state index in [9.17, 15) is 8.42 Å². The highest BCUT2D eigenvalue weighted by molar-refractivity contribution is 14.0. The Labute approximate surface area is 200 Å². The molecule has 0 radical (unpaired) electrons. The Morgan fingerprint density at radius 2 is 1.97 bits per heavy atom. The minimum Gasteiger partial charge on any atom is -0.383 e. The topological polar surface area (TPSA) is 91.8 Å². The van der Waals surface area contributed by atoms with Crippen LogP contribution in [-0.2, 0) is 26.7 Å². The van der Waals surface area contributed by atoms with E-state index in [0.29, 0.717) is 19.1 Å². The monoisotopic (exact) mass is 566 g/mol. The number of sulfonamides is 1. The van der Waals surface area contributed by atoms with E-state index >= 15 is 0 Å². The minimum atomic E-state index is -3.56. The summed E-state index contributed by atoms with van der Waals surface area (Å²) in [7, 11) is -0.309. The normalized spacial score (nSPS) is 12.3. The van der Waals surface area contributed by atoms with Gasteiger partial charge in [0.2, 0.25) is 10.0 Å². The maximum atomic E-state index is 12.4. The number of methoxy groups -OCH3 is 1. The number of benzene rings is 1. The van der Waals surface area contributed by atoms with Gasteiger partial charge in [-0.3, -0.25) is 4.99 Å². The summed E-state index contributed by atoms with van der Waals surface area (Å²) in [6, 6.07) is 11.0. The number of aliphatic imine (C=N–C) groups is 1. The van der Waals surface area contributed by atoms with Gasteiger partial charge in [-0.15, -0.1) is 35.3 Å². The van der Waals surface area contributed by atoms with E-state index in [-0.39, 0.29) is 40.8 Å². The third-order valence-electron chi connectivity index (χ3n) is 4.38. The van der Waals surface area contributed by atoms with Crippen molar-refractivity contribution in [2.45, 2.75) is 30.7 Å². The fraction of sp³-hybridized carbons (Fsp3) is 0.450. The standard InChI is InChI=1S/C20H30N4O3S2.HI/c1-20(2,18-9-6-12-28-18)15-23-19(21-3)22-14-16-7-5-8-17(13-16)29(25,26)24-10-11-27-4;/h5-9,12-13,24H,10-11,14-15H2,1-4H3,(H2,21,22,23);1H. The Balaban J connectivity index is 0.00000450. The number of nitrogens with one attached hydrogen (secondary N) is 3. The van der Waals surface area contributed by atoms with Gasteiger partial charge in [-0.2, -0.15) is 0 Å². The van der Waals surface area contributed by atoms with E-state index in [4.69, 9.17) is 4.74 Å². The van der Waals surface area contributed by atoms with Crippen LogP contribution in [0.5, 0.6) is 0 Å². The summed E-state index contributed by atoms with van der Waals surface area (Å²) >= 11 is 1.74. The summed E-state index contributed by atoms with van der Waals surface area (Å²) < 4.78 is 32.1. The lowest BCUT2D eigenvalue weighted by Gasteiger charge is -2.25. The highest BCUT2D eigenvalue weighted by Crippen LogP contribution is 2.26. The lowest BCUT2D eigenvalue weighted by atomic mass is 9.91. The Hall–Kier alpha value is -1.21. The van der Waals surface area contributed by atoms with Crippen molar-refractivity contribution in [3.63, 3.8) is 0 Å². The van der Waals surface area contributed by atoms with Gasteiger partial charge in [-0.1, -0.05) is 32.0 Å². The number of rotatable bonds is 10. The summed E-state index contributed by atoms with van der Waals surface area (Å²) in [4.78, 5) is 5.80. The molecule has 0 saturated carbocycles. The Kier molecular flexibility index (Phi) is 11.3. The largest absolute Gasteiger partial charge is 0.383 e. The highest BCUT2D eigenvalue weighted by Gasteiger charge is 2.22. The molecule has 10 heteroatoms. The number of nitrogens with zero attached hydrogens (tertiary/aromatic N) is 1. The molecule has 7 nitrogen and oxygen atoms in total. The van der Waals surface area contributed by atoms with Gasteiger partial charge >= 0.3 is 0 Å². The first-order valence-corrected chi connectivity index (χ1v) is 11.7. The third kappa shape index (κ3) is 8.14.